The first kappa shape index (κ1) is 21.9. The summed E-state index contributed by atoms with van der Waals surface area (Å²) >= 11 is 0. The second kappa shape index (κ2) is 9.23. The van der Waals surface area contributed by atoms with E-state index in [1.165, 1.54) is 13.1 Å². The number of carbonyl (C=O) groups excluding carboxylic acids is 5. The summed E-state index contributed by atoms with van der Waals surface area (Å²) in [5.74, 6) is -3.34. The molecule has 2 rings (SSSR count). The molecule has 158 valence electrons. The summed E-state index contributed by atoms with van der Waals surface area (Å²) in [6.07, 6.45) is -3.23. The van der Waals surface area contributed by atoms with Crippen LogP contribution in [0.25, 0.3) is 0 Å². The number of carbonyl (C=O) groups is 5. The molecule has 0 unspecified atom stereocenters. The average Bonchev–Trinajstić information content (AvgIpc) is 3.18. The van der Waals surface area contributed by atoms with Crippen LogP contribution in [0, 0.1) is 0 Å². The normalized spacial score (nSPS) is 23.2. The predicted octanol–water partition coefficient (Wildman–Crippen LogP) is -1.12. The zero-order valence-corrected chi connectivity index (χ0v) is 16.1. The van der Waals surface area contributed by atoms with Gasteiger partial charge in [0.2, 0.25) is 5.91 Å². The first-order valence-electron chi connectivity index (χ1n) is 8.45. The van der Waals surface area contributed by atoms with Gasteiger partial charge in [0.05, 0.1) is 6.20 Å². The molecule has 13 heteroatoms. The molecule has 2 heterocycles. The molecule has 0 saturated carbocycles. The summed E-state index contributed by atoms with van der Waals surface area (Å²) in [5.41, 5.74) is -0.196. The van der Waals surface area contributed by atoms with E-state index in [9.17, 15) is 24.0 Å². The van der Waals surface area contributed by atoms with Crippen LogP contribution in [0.5, 0.6) is 0 Å². The number of aromatic nitrogens is 3. The van der Waals surface area contributed by atoms with Crippen LogP contribution in [0.3, 0.4) is 0 Å². The molecular weight excluding hydrogens is 392 g/mol. The minimum absolute atomic E-state index is 0.196. The lowest BCUT2D eigenvalue weighted by Crippen LogP contribution is -2.40. The third kappa shape index (κ3) is 5.81. The molecular formula is C16H20N4O9. The van der Waals surface area contributed by atoms with Gasteiger partial charge in [0.25, 0.3) is 5.91 Å². The van der Waals surface area contributed by atoms with Gasteiger partial charge >= 0.3 is 17.9 Å². The summed E-state index contributed by atoms with van der Waals surface area (Å²) in [5, 5.41) is 9.44. The van der Waals surface area contributed by atoms with E-state index in [1.54, 1.807) is 0 Å². The van der Waals surface area contributed by atoms with E-state index >= 15 is 0 Å². The van der Waals surface area contributed by atoms with Crippen LogP contribution in [0.2, 0.25) is 0 Å². The van der Waals surface area contributed by atoms with Crippen LogP contribution < -0.4 is 5.32 Å². The second-order valence-electron chi connectivity index (χ2n) is 6.11. The standard InChI is InChI=1S/C16H20N4O9/c1-7(21)17-15(25)11-5-20(19-18-11)16-14(28-10(4)24)13(27-9(3)23)12(29-16)6-26-8(2)22/h5,12-14,16H,6H2,1-4H3,(H,17,21,25)/t12-,13-,14-,16-/m0/s1. The van der Waals surface area contributed by atoms with Crippen molar-refractivity contribution < 1.29 is 42.9 Å². The van der Waals surface area contributed by atoms with Crippen LogP contribution in [-0.2, 0) is 38.1 Å². The monoisotopic (exact) mass is 412 g/mol. The first-order chi connectivity index (χ1) is 13.6. The quantitative estimate of drug-likeness (QED) is 0.444. The highest BCUT2D eigenvalue weighted by Gasteiger charge is 2.51. The SMILES string of the molecule is CC(=O)NC(=O)c1cn([C@H]2O[C@@H](COC(C)=O)[C@H](OC(C)=O)[C@@H]2OC(C)=O)nn1. The van der Waals surface area contributed by atoms with Gasteiger partial charge in [-0.05, 0) is 0 Å². The predicted molar refractivity (Wildman–Crippen MR) is 89.8 cm³/mol. The van der Waals surface area contributed by atoms with Crippen molar-refractivity contribution in [3.05, 3.63) is 11.9 Å². The highest BCUT2D eigenvalue weighted by Crippen LogP contribution is 2.34. The van der Waals surface area contributed by atoms with Gasteiger partial charge < -0.3 is 18.9 Å². The fourth-order valence-corrected chi connectivity index (χ4v) is 2.63. The smallest absolute Gasteiger partial charge is 0.303 e. The molecule has 0 radical (unpaired) electrons. The summed E-state index contributed by atoms with van der Waals surface area (Å²) in [4.78, 5) is 57.1. The van der Waals surface area contributed by atoms with E-state index in [0.29, 0.717) is 0 Å². The molecule has 0 spiro atoms. The maximum atomic E-state index is 11.9. The average molecular weight is 412 g/mol. The van der Waals surface area contributed by atoms with E-state index < -0.39 is 54.3 Å². The number of esters is 3. The van der Waals surface area contributed by atoms with Crippen molar-refractivity contribution in [3.8, 4) is 0 Å². The van der Waals surface area contributed by atoms with Crippen molar-refractivity contribution in [2.75, 3.05) is 6.61 Å². The largest absolute Gasteiger partial charge is 0.463 e. The van der Waals surface area contributed by atoms with Gasteiger partial charge in [0.1, 0.15) is 12.7 Å². The van der Waals surface area contributed by atoms with Crippen molar-refractivity contribution in [2.24, 2.45) is 0 Å². The highest BCUT2D eigenvalue weighted by molar-refractivity contribution is 6.02. The third-order valence-corrected chi connectivity index (χ3v) is 3.63. The Morgan fingerprint density at radius 1 is 1.03 bits per heavy atom. The topological polar surface area (TPSA) is 165 Å². The summed E-state index contributed by atoms with van der Waals surface area (Å²) in [6.45, 7) is 4.36. The first-order valence-corrected chi connectivity index (χ1v) is 8.45. The Balaban J connectivity index is 2.32. The summed E-state index contributed by atoms with van der Waals surface area (Å²) < 4.78 is 22.2. The Morgan fingerprint density at radius 2 is 1.66 bits per heavy atom. The minimum Gasteiger partial charge on any atom is -0.463 e. The minimum atomic E-state index is -1.16. The zero-order chi connectivity index (χ0) is 21.7. The fourth-order valence-electron chi connectivity index (χ4n) is 2.63. The highest BCUT2D eigenvalue weighted by atomic mass is 16.7. The van der Waals surface area contributed by atoms with Gasteiger partial charge in [0.15, 0.2) is 24.1 Å². The third-order valence-electron chi connectivity index (χ3n) is 3.63. The van der Waals surface area contributed by atoms with Crippen LogP contribution in [0.4, 0.5) is 0 Å². The lowest BCUT2D eigenvalue weighted by atomic mass is 10.1. The molecule has 1 aliphatic rings. The lowest BCUT2D eigenvalue weighted by molar-refractivity contribution is -0.166. The maximum Gasteiger partial charge on any atom is 0.303 e. The number of nitrogens with zero attached hydrogens (tertiary/aromatic N) is 3. The molecule has 2 amide bonds. The van der Waals surface area contributed by atoms with Gasteiger partial charge in [-0.3, -0.25) is 29.3 Å². The second-order valence-corrected chi connectivity index (χ2v) is 6.11. The number of imide groups is 1. The molecule has 1 aromatic heterocycles. The lowest BCUT2D eigenvalue weighted by Gasteiger charge is -2.23. The Bertz CT molecular complexity index is 821. The maximum absolute atomic E-state index is 11.9. The number of hydrogen-bond acceptors (Lipinski definition) is 11. The van der Waals surface area contributed by atoms with Gasteiger partial charge in [-0.2, -0.15) is 0 Å². The molecule has 1 aromatic rings. The van der Waals surface area contributed by atoms with Crippen molar-refractivity contribution in [3.63, 3.8) is 0 Å². The molecule has 1 fully saturated rings. The molecule has 1 N–H and O–H groups in total. The molecule has 1 aliphatic heterocycles. The Morgan fingerprint density at radius 3 is 2.21 bits per heavy atom. The summed E-state index contributed by atoms with van der Waals surface area (Å²) in [7, 11) is 0. The van der Waals surface area contributed by atoms with E-state index in [0.717, 1.165) is 25.5 Å². The van der Waals surface area contributed by atoms with Crippen molar-refractivity contribution in [1.29, 1.82) is 0 Å². The molecule has 4 atom stereocenters. The van der Waals surface area contributed by atoms with Crippen LogP contribution in [-0.4, -0.2) is 69.6 Å². The van der Waals surface area contributed by atoms with Gasteiger partial charge in [0, 0.05) is 27.7 Å². The van der Waals surface area contributed by atoms with Crippen molar-refractivity contribution >= 4 is 29.7 Å². The Labute approximate surface area is 164 Å². The number of hydrogen-bond donors (Lipinski definition) is 1. The Hall–Kier alpha value is -3.35. The van der Waals surface area contributed by atoms with Crippen molar-refractivity contribution in [1.82, 2.24) is 20.3 Å². The number of ether oxygens (including phenoxy) is 4. The molecule has 1 saturated heterocycles. The molecule has 0 bridgehead atoms. The number of rotatable bonds is 6. The Kier molecular flexibility index (Phi) is 6.98. The van der Waals surface area contributed by atoms with Crippen LogP contribution in [0.1, 0.15) is 44.4 Å². The number of amides is 2. The summed E-state index contributed by atoms with van der Waals surface area (Å²) in [6, 6.07) is 0. The zero-order valence-electron chi connectivity index (χ0n) is 16.1. The molecule has 13 nitrogen and oxygen atoms in total. The van der Waals surface area contributed by atoms with Crippen LogP contribution >= 0.6 is 0 Å². The van der Waals surface area contributed by atoms with E-state index in [2.05, 4.69) is 10.3 Å². The molecule has 0 aromatic carbocycles. The van der Waals surface area contributed by atoms with Crippen molar-refractivity contribution in [2.45, 2.75) is 52.2 Å². The van der Waals surface area contributed by atoms with Gasteiger partial charge in [-0.25, -0.2) is 4.68 Å². The van der Waals surface area contributed by atoms with E-state index in [1.807, 2.05) is 5.32 Å². The fraction of sp³-hybridized carbons (Fsp3) is 0.562. The van der Waals surface area contributed by atoms with E-state index in [-0.39, 0.29) is 12.3 Å². The van der Waals surface area contributed by atoms with E-state index in [4.69, 9.17) is 18.9 Å². The number of nitrogens with one attached hydrogen (secondary N) is 1. The van der Waals surface area contributed by atoms with Gasteiger partial charge in [-0.1, -0.05) is 5.21 Å². The molecule has 29 heavy (non-hydrogen) atoms. The van der Waals surface area contributed by atoms with Crippen LogP contribution in [0.15, 0.2) is 6.20 Å². The van der Waals surface area contributed by atoms with Gasteiger partial charge in [-0.15, -0.1) is 5.10 Å². The molecule has 0 aliphatic carbocycles.